The van der Waals surface area contributed by atoms with Gasteiger partial charge in [0.25, 0.3) is 5.91 Å². The first-order valence-corrected chi connectivity index (χ1v) is 10.7. The lowest BCUT2D eigenvalue weighted by Crippen LogP contribution is -2.22. The summed E-state index contributed by atoms with van der Waals surface area (Å²) in [7, 11) is 0. The van der Waals surface area contributed by atoms with Crippen molar-refractivity contribution in [2.45, 2.75) is 52.6 Å². The van der Waals surface area contributed by atoms with Crippen LogP contribution in [-0.4, -0.2) is 32.3 Å². The van der Waals surface area contributed by atoms with E-state index in [4.69, 9.17) is 4.98 Å². The van der Waals surface area contributed by atoms with Gasteiger partial charge in [-0.3, -0.25) is 14.8 Å². The summed E-state index contributed by atoms with van der Waals surface area (Å²) >= 11 is 0. The molecule has 1 aliphatic rings. The molecule has 6 nitrogen and oxygen atoms in total. The highest BCUT2D eigenvalue weighted by molar-refractivity contribution is 5.99. The molecule has 0 saturated heterocycles. The normalized spacial score (nSPS) is 14.5. The molecule has 0 fully saturated rings. The van der Waals surface area contributed by atoms with Crippen molar-refractivity contribution >= 4 is 11.7 Å². The number of nitrogens with one attached hydrogen (secondary N) is 1. The van der Waals surface area contributed by atoms with Crippen LogP contribution < -0.4 is 5.32 Å². The van der Waals surface area contributed by atoms with E-state index in [0.717, 1.165) is 39.5 Å². The molecule has 3 aromatic heterocycles. The Kier molecular flexibility index (Phi) is 5.48. The van der Waals surface area contributed by atoms with Gasteiger partial charge in [0.05, 0.1) is 18.3 Å². The summed E-state index contributed by atoms with van der Waals surface area (Å²) in [6, 6.07) is 10.0. The second-order valence-corrected chi connectivity index (χ2v) is 9.02. The van der Waals surface area contributed by atoms with Gasteiger partial charge in [0.1, 0.15) is 5.82 Å². The van der Waals surface area contributed by atoms with Crippen LogP contribution >= 0.6 is 0 Å². The van der Waals surface area contributed by atoms with Crippen molar-refractivity contribution in [3.05, 3.63) is 71.4 Å². The molecule has 0 aromatic carbocycles. The van der Waals surface area contributed by atoms with Gasteiger partial charge >= 0.3 is 0 Å². The Morgan fingerprint density at radius 2 is 1.84 bits per heavy atom. The molecule has 1 atom stereocenters. The van der Waals surface area contributed by atoms with Crippen molar-refractivity contribution in [1.29, 1.82) is 0 Å². The minimum absolute atomic E-state index is 0.000502. The molecule has 6 heteroatoms. The highest BCUT2D eigenvalue weighted by Gasteiger charge is 2.29. The van der Waals surface area contributed by atoms with E-state index in [1.165, 1.54) is 0 Å². The van der Waals surface area contributed by atoms with Gasteiger partial charge in [0.15, 0.2) is 0 Å². The lowest BCUT2D eigenvalue weighted by atomic mass is 9.90. The van der Waals surface area contributed by atoms with E-state index >= 15 is 0 Å². The molecule has 0 aliphatic carbocycles. The lowest BCUT2D eigenvalue weighted by molar-refractivity contribution is 0.0787. The van der Waals surface area contributed by atoms with Crippen molar-refractivity contribution in [2.24, 2.45) is 0 Å². The topological polar surface area (TPSA) is 71.0 Å². The lowest BCUT2D eigenvalue weighted by Gasteiger charge is -2.19. The minimum atomic E-state index is -0.0404. The zero-order valence-electron chi connectivity index (χ0n) is 18.8. The van der Waals surface area contributed by atoms with Crippen LogP contribution in [0.4, 0.5) is 5.82 Å². The van der Waals surface area contributed by atoms with E-state index in [1.807, 2.05) is 36.4 Å². The van der Waals surface area contributed by atoms with Crippen LogP contribution in [0.15, 0.2) is 48.9 Å². The Balaban J connectivity index is 1.53. The van der Waals surface area contributed by atoms with Crippen molar-refractivity contribution in [3.63, 3.8) is 0 Å². The molecule has 0 spiro atoms. The first-order valence-electron chi connectivity index (χ1n) is 10.7. The quantitative estimate of drug-likeness (QED) is 0.636. The summed E-state index contributed by atoms with van der Waals surface area (Å²) in [5, 5.41) is 3.45. The van der Waals surface area contributed by atoms with Crippen molar-refractivity contribution < 1.29 is 4.79 Å². The second kappa shape index (κ2) is 8.10. The molecule has 1 N–H and O–H groups in total. The van der Waals surface area contributed by atoms with E-state index in [1.54, 1.807) is 12.3 Å². The minimum Gasteiger partial charge on any atom is -0.362 e. The molecule has 1 aliphatic heterocycles. The fraction of sp³-hybridized carbons (Fsp3) is 0.360. The molecule has 1 unspecified atom stereocenters. The molecule has 1 amide bonds. The summed E-state index contributed by atoms with van der Waals surface area (Å²) in [5.41, 5.74) is 5.85. The third-order valence-electron chi connectivity index (χ3n) is 5.75. The average Bonchev–Trinajstić information content (AvgIpc) is 3.10. The molecule has 0 bridgehead atoms. The number of anilines is 1. The van der Waals surface area contributed by atoms with E-state index in [2.05, 4.69) is 55.1 Å². The summed E-state index contributed by atoms with van der Waals surface area (Å²) in [5.74, 6) is 0.828. The highest BCUT2D eigenvalue weighted by atomic mass is 16.2. The van der Waals surface area contributed by atoms with Gasteiger partial charge in [-0.1, -0.05) is 26.8 Å². The van der Waals surface area contributed by atoms with Crippen LogP contribution in [0.25, 0.3) is 11.1 Å². The standard InChI is InChI=1S/C25H29N5O/c1-6-30-15-20-19(24(30)31)10-12-27-23(20)29-16(2)21-8-7-18(14-28-21)17-9-11-26-22(13-17)25(3,4)5/h7-14,16H,6,15H2,1-5H3,(H,27,29). The fourth-order valence-electron chi connectivity index (χ4n) is 3.80. The number of carbonyl (C=O) groups is 1. The number of aromatic nitrogens is 3. The molecule has 4 rings (SSSR count). The van der Waals surface area contributed by atoms with E-state index in [-0.39, 0.29) is 17.4 Å². The van der Waals surface area contributed by atoms with E-state index in [9.17, 15) is 4.79 Å². The smallest absolute Gasteiger partial charge is 0.254 e. The molecule has 160 valence electrons. The SMILES string of the molecule is CCN1Cc2c(ccnc2NC(C)c2ccc(-c3ccnc(C(C)(C)C)c3)cn2)C1=O. The number of carbonyl (C=O) groups excluding carboxylic acids is 1. The fourth-order valence-corrected chi connectivity index (χ4v) is 3.80. The second-order valence-electron chi connectivity index (χ2n) is 9.02. The summed E-state index contributed by atoms with van der Waals surface area (Å²) < 4.78 is 0. The summed E-state index contributed by atoms with van der Waals surface area (Å²) in [6.45, 7) is 11.8. The largest absolute Gasteiger partial charge is 0.362 e. The van der Waals surface area contributed by atoms with Crippen LogP contribution in [0.2, 0.25) is 0 Å². The average molecular weight is 416 g/mol. The van der Waals surface area contributed by atoms with Gasteiger partial charge in [-0.25, -0.2) is 4.98 Å². The summed E-state index contributed by atoms with van der Waals surface area (Å²) in [4.78, 5) is 28.0. The van der Waals surface area contributed by atoms with E-state index < -0.39 is 0 Å². The Labute approximate surface area is 183 Å². The maximum Gasteiger partial charge on any atom is 0.254 e. The third-order valence-corrected chi connectivity index (χ3v) is 5.75. The first kappa shape index (κ1) is 21.0. The molecule has 0 radical (unpaired) electrons. The molecule has 0 saturated carbocycles. The maximum absolute atomic E-state index is 12.4. The van der Waals surface area contributed by atoms with Gasteiger partial charge < -0.3 is 10.2 Å². The van der Waals surface area contributed by atoms with E-state index in [0.29, 0.717) is 13.1 Å². The van der Waals surface area contributed by atoms with Gasteiger partial charge in [0.2, 0.25) is 0 Å². The number of amides is 1. The predicted molar refractivity (Wildman–Crippen MR) is 123 cm³/mol. The number of pyridine rings is 3. The molecule has 3 aromatic rings. The highest BCUT2D eigenvalue weighted by Crippen LogP contribution is 2.30. The summed E-state index contributed by atoms with van der Waals surface area (Å²) in [6.07, 6.45) is 5.45. The van der Waals surface area contributed by atoms with Crippen LogP contribution in [0, 0.1) is 0 Å². The van der Waals surface area contributed by atoms with Gasteiger partial charge in [0, 0.05) is 52.9 Å². The number of nitrogens with zero attached hydrogens (tertiary/aromatic N) is 4. The Hall–Kier alpha value is -3.28. The third kappa shape index (κ3) is 4.15. The van der Waals surface area contributed by atoms with Gasteiger partial charge in [-0.2, -0.15) is 0 Å². The van der Waals surface area contributed by atoms with Crippen LogP contribution in [0.3, 0.4) is 0 Å². The van der Waals surface area contributed by atoms with Gasteiger partial charge in [-0.05, 0) is 43.7 Å². The predicted octanol–water partition coefficient (Wildman–Crippen LogP) is 4.98. The Morgan fingerprint density at radius 3 is 2.52 bits per heavy atom. The number of fused-ring (bicyclic) bond motifs is 1. The van der Waals surface area contributed by atoms with Crippen molar-refractivity contribution in [2.75, 3.05) is 11.9 Å². The Bertz CT molecular complexity index is 1100. The molecule has 31 heavy (non-hydrogen) atoms. The monoisotopic (exact) mass is 415 g/mol. The van der Waals surface area contributed by atoms with Crippen LogP contribution in [-0.2, 0) is 12.0 Å². The Morgan fingerprint density at radius 1 is 1.06 bits per heavy atom. The zero-order chi connectivity index (χ0) is 22.2. The maximum atomic E-state index is 12.4. The van der Waals surface area contributed by atoms with Crippen LogP contribution in [0.5, 0.6) is 0 Å². The zero-order valence-corrected chi connectivity index (χ0v) is 18.8. The molecular weight excluding hydrogens is 386 g/mol. The van der Waals surface area contributed by atoms with Crippen LogP contribution in [0.1, 0.15) is 68.0 Å². The van der Waals surface area contributed by atoms with Crippen molar-refractivity contribution in [1.82, 2.24) is 19.9 Å². The molecular formula is C25H29N5O. The van der Waals surface area contributed by atoms with Gasteiger partial charge in [-0.15, -0.1) is 0 Å². The number of rotatable bonds is 5. The molecule has 4 heterocycles. The number of hydrogen-bond donors (Lipinski definition) is 1. The number of hydrogen-bond acceptors (Lipinski definition) is 5. The first-order chi connectivity index (χ1) is 14.8. The van der Waals surface area contributed by atoms with Crippen molar-refractivity contribution in [3.8, 4) is 11.1 Å².